The van der Waals surface area contributed by atoms with E-state index in [2.05, 4.69) is 36.6 Å². The van der Waals surface area contributed by atoms with Crippen LogP contribution < -0.4 is 0 Å². The Hall–Kier alpha value is -1.39. The van der Waals surface area contributed by atoms with Crippen LogP contribution in [0.4, 0.5) is 0 Å². The lowest BCUT2D eigenvalue weighted by molar-refractivity contribution is -0.136. The van der Waals surface area contributed by atoms with Crippen molar-refractivity contribution in [3.63, 3.8) is 0 Å². The maximum absolute atomic E-state index is 12.5. The average molecular weight is 331 g/mol. The number of carbonyl (C=O) groups is 1. The largest absolute Gasteiger partial charge is 0.396 e. The molecule has 1 aromatic heterocycles. The number of amides is 1. The molecular weight excluding hydrogens is 306 g/mol. The number of fused-ring (bicyclic) bond motifs is 1. The number of nitrogens with zero attached hydrogens (tertiary/aromatic N) is 1. The summed E-state index contributed by atoms with van der Waals surface area (Å²) in [6.07, 6.45) is 4.50. The fraction of sp³-hybridized carbons (Fsp3) is 0.526. The van der Waals surface area contributed by atoms with Gasteiger partial charge in [-0.1, -0.05) is 18.2 Å². The Balaban J connectivity index is 1.54. The minimum absolute atomic E-state index is 0.192. The zero-order valence-corrected chi connectivity index (χ0v) is 14.5. The van der Waals surface area contributed by atoms with Crippen LogP contribution in [-0.4, -0.2) is 35.1 Å². The van der Waals surface area contributed by atoms with E-state index in [4.69, 9.17) is 0 Å². The Morgan fingerprint density at radius 3 is 3.00 bits per heavy atom. The Morgan fingerprint density at radius 2 is 2.17 bits per heavy atom. The van der Waals surface area contributed by atoms with Crippen molar-refractivity contribution >= 4 is 27.3 Å². The summed E-state index contributed by atoms with van der Waals surface area (Å²) in [5.41, 5.74) is 1.36. The summed E-state index contributed by atoms with van der Waals surface area (Å²) in [5.74, 6) is 0.506. The van der Waals surface area contributed by atoms with E-state index in [1.165, 1.54) is 15.6 Å². The number of hydrogen-bond acceptors (Lipinski definition) is 3. The number of piperidine rings is 1. The fourth-order valence-electron chi connectivity index (χ4n) is 3.48. The smallest absolute Gasteiger partial charge is 0.222 e. The molecule has 3 nitrogen and oxygen atoms in total. The van der Waals surface area contributed by atoms with Gasteiger partial charge in [0.15, 0.2) is 0 Å². The Labute approximate surface area is 141 Å². The van der Waals surface area contributed by atoms with E-state index < -0.39 is 0 Å². The molecule has 1 aliphatic heterocycles. The molecule has 2 heterocycles. The zero-order valence-electron chi connectivity index (χ0n) is 13.7. The predicted octanol–water partition coefficient (Wildman–Crippen LogP) is 3.84. The van der Waals surface area contributed by atoms with Crippen LogP contribution >= 0.6 is 11.3 Å². The minimum Gasteiger partial charge on any atom is -0.396 e. The molecule has 1 aliphatic rings. The molecule has 23 heavy (non-hydrogen) atoms. The molecule has 3 rings (SSSR count). The molecule has 0 radical (unpaired) electrons. The number of benzene rings is 1. The lowest BCUT2D eigenvalue weighted by Crippen LogP contribution is -2.46. The van der Waals surface area contributed by atoms with Gasteiger partial charge in [0.25, 0.3) is 0 Å². The molecule has 1 N–H and O–H groups in total. The molecule has 4 heteroatoms. The van der Waals surface area contributed by atoms with E-state index >= 15 is 0 Å². The third-order valence-corrected chi connectivity index (χ3v) is 5.97. The van der Waals surface area contributed by atoms with Gasteiger partial charge in [0.05, 0.1) is 0 Å². The Morgan fingerprint density at radius 1 is 1.35 bits per heavy atom. The van der Waals surface area contributed by atoms with E-state index in [9.17, 15) is 9.90 Å². The third kappa shape index (κ3) is 3.75. The van der Waals surface area contributed by atoms with E-state index in [-0.39, 0.29) is 18.4 Å². The van der Waals surface area contributed by atoms with Crippen LogP contribution in [0.2, 0.25) is 0 Å². The normalized spacial score (nSPS) is 21.7. The van der Waals surface area contributed by atoms with Crippen LogP contribution in [0.15, 0.2) is 29.6 Å². The van der Waals surface area contributed by atoms with E-state index in [0.29, 0.717) is 12.5 Å². The molecular formula is C19H25NO2S. The van der Waals surface area contributed by atoms with Crippen LogP contribution in [0.3, 0.4) is 0 Å². The van der Waals surface area contributed by atoms with E-state index in [0.717, 1.165) is 32.2 Å². The van der Waals surface area contributed by atoms with Gasteiger partial charge in [-0.25, -0.2) is 0 Å². The maximum Gasteiger partial charge on any atom is 0.222 e. The summed E-state index contributed by atoms with van der Waals surface area (Å²) in [7, 11) is 0. The van der Waals surface area contributed by atoms with Gasteiger partial charge in [-0.2, -0.15) is 0 Å². The molecule has 0 spiro atoms. The van der Waals surface area contributed by atoms with Gasteiger partial charge >= 0.3 is 0 Å². The van der Waals surface area contributed by atoms with Crippen molar-refractivity contribution in [2.45, 2.75) is 45.1 Å². The number of aliphatic hydroxyl groups excluding tert-OH is 1. The number of rotatable bonds is 5. The van der Waals surface area contributed by atoms with Gasteiger partial charge < -0.3 is 10.0 Å². The lowest BCUT2D eigenvalue weighted by atomic mass is 9.93. The Bertz CT molecular complexity index is 666. The molecule has 0 saturated carbocycles. The highest BCUT2D eigenvalue weighted by molar-refractivity contribution is 7.17. The number of likely N-dealkylation sites (tertiary alicyclic amines) is 1. The van der Waals surface area contributed by atoms with Crippen molar-refractivity contribution in [1.82, 2.24) is 4.90 Å². The zero-order chi connectivity index (χ0) is 16.2. The van der Waals surface area contributed by atoms with Gasteiger partial charge in [0, 0.05) is 30.3 Å². The topological polar surface area (TPSA) is 40.5 Å². The molecule has 2 aromatic rings. The van der Waals surface area contributed by atoms with Gasteiger partial charge in [0.2, 0.25) is 5.91 Å². The molecule has 1 amide bonds. The first-order chi connectivity index (χ1) is 11.2. The molecule has 124 valence electrons. The minimum atomic E-state index is 0.192. The summed E-state index contributed by atoms with van der Waals surface area (Å²) < 4.78 is 1.32. The highest BCUT2D eigenvalue weighted by Gasteiger charge is 2.28. The molecule has 1 fully saturated rings. The van der Waals surface area contributed by atoms with Crippen molar-refractivity contribution in [3.8, 4) is 0 Å². The van der Waals surface area contributed by atoms with Gasteiger partial charge in [-0.3, -0.25) is 4.79 Å². The van der Waals surface area contributed by atoms with Crippen molar-refractivity contribution < 1.29 is 9.90 Å². The van der Waals surface area contributed by atoms with Gasteiger partial charge in [0.1, 0.15) is 0 Å². The predicted molar refractivity (Wildman–Crippen MR) is 95.7 cm³/mol. The maximum atomic E-state index is 12.5. The first-order valence-corrected chi connectivity index (χ1v) is 9.42. The second kappa shape index (κ2) is 7.45. The van der Waals surface area contributed by atoms with Crippen LogP contribution in [0.25, 0.3) is 10.1 Å². The number of aryl methyl sites for hydroxylation is 1. The van der Waals surface area contributed by atoms with Gasteiger partial charge in [-0.05, 0) is 60.9 Å². The fourth-order valence-corrected chi connectivity index (χ4v) is 4.48. The van der Waals surface area contributed by atoms with Gasteiger partial charge in [-0.15, -0.1) is 11.3 Å². The van der Waals surface area contributed by atoms with Crippen LogP contribution in [0.5, 0.6) is 0 Å². The van der Waals surface area contributed by atoms with Crippen molar-refractivity contribution in [2.24, 2.45) is 5.92 Å². The van der Waals surface area contributed by atoms with Crippen LogP contribution in [-0.2, 0) is 11.2 Å². The first-order valence-electron chi connectivity index (χ1n) is 8.54. The molecule has 0 aliphatic carbocycles. The molecule has 2 unspecified atom stereocenters. The second-order valence-electron chi connectivity index (χ2n) is 6.63. The summed E-state index contributed by atoms with van der Waals surface area (Å²) in [4.78, 5) is 14.5. The summed E-state index contributed by atoms with van der Waals surface area (Å²) in [6, 6.07) is 8.78. The summed E-state index contributed by atoms with van der Waals surface area (Å²) in [6.45, 7) is 3.03. The number of thiophene rings is 1. The first kappa shape index (κ1) is 16.5. The lowest BCUT2D eigenvalue weighted by Gasteiger charge is -2.37. The van der Waals surface area contributed by atoms with E-state index in [1.807, 2.05) is 4.90 Å². The number of aliphatic hydroxyl groups is 1. The summed E-state index contributed by atoms with van der Waals surface area (Å²) >= 11 is 1.78. The molecule has 1 aromatic carbocycles. The Kier molecular flexibility index (Phi) is 5.34. The van der Waals surface area contributed by atoms with Crippen LogP contribution in [0.1, 0.15) is 38.2 Å². The standard InChI is InChI=1S/C19H25NO2S/c1-14-9-10-15(12-21)11-20(14)19(22)8-4-5-16-13-23-18-7-3-2-6-17(16)18/h2-3,6-7,13-15,21H,4-5,8-12H2,1H3. The van der Waals surface area contributed by atoms with Crippen molar-refractivity contribution in [3.05, 3.63) is 35.2 Å². The second-order valence-corrected chi connectivity index (χ2v) is 7.54. The van der Waals surface area contributed by atoms with Crippen LogP contribution in [0, 0.1) is 5.92 Å². The average Bonchev–Trinajstić information content (AvgIpc) is 2.98. The molecule has 1 saturated heterocycles. The molecule has 2 atom stereocenters. The SMILES string of the molecule is CC1CCC(CO)CN1C(=O)CCCc1csc2ccccc12. The van der Waals surface area contributed by atoms with Crippen molar-refractivity contribution in [1.29, 1.82) is 0 Å². The summed E-state index contributed by atoms with van der Waals surface area (Å²) in [5, 5.41) is 12.9. The highest BCUT2D eigenvalue weighted by Crippen LogP contribution is 2.27. The quantitative estimate of drug-likeness (QED) is 0.904. The number of hydrogen-bond donors (Lipinski definition) is 1. The molecule has 0 bridgehead atoms. The third-order valence-electron chi connectivity index (χ3n) is 4.96. The number of carbonyl (C=O) groups excluding carboxylic acids is 1. The van der Waals surface area contributed by atoms with Crippen molar-refractivity contribution in [2.75, 3.05) is 13.2 Å². The monoisotopic (exact) mass is 331 g/mol. The van der Waals surface area contributed by atoms with E-state index in [1.54, 1.807) is 11.3 Å². The highest BCUT2D eigenvalue weighted by atomic mass is 32.1.